The molecule has 1 aromatic carbocycles. The van der Waals surface area contributed by atoms with Crippen molar-refractivity contribution in [1.82, 2.24) is 10.6 Å². The van der Waals surface area contributed by atoms with E-state index in [-0.39, 0.29) is 5.69 Å². The molecule has 3 amide bonds. The van der Waals surface area contributed by atoms with E-state index in [2.05, 4.69) is 17.2 Å². The van der Waals surface area contributed by atoms with Gasteiger partial charge < -0.3 is 11.1 Å². The first-order valence-corrected chi connectivity index (χ1v) is 4.73. The SMILES string of the molecule is Nc1cc(F)cc(C#CC2NC(=O)NC2=O)c1. The zero-order valence-electron chi connectivity index (χ0n) is 8.58. The number of urea groups is 1. The first-order chi connectivity index (χ1) is 8.04. The van der Waals surface area contributed by atoms with Gasteiger partial charge in [0.25, 0.3) is 5.91 Å². The van der Waals surface area contributed by atoms with Crippen molar-refractivity contribution in [3.8, 4) is 11.8 Å². The Hall–Kier alpha value is -2.55. The van der Waals surface area contributed by atoms with Gasteiger partial charge in [-0.1, -0.05) is 11.8 Å². The Bertz CT molecular complexity index is 539. The average Bonchev–Trinajstić information content (AvgIpc) is 2.53. The third kappa shape index (κ3) is 2.52. The lowest BCUT2D eigenvalue weighted by atomic mass is 10.2. The smallest absolute Gasteiger partial charge is 0.322 e. The predicted octanol–water partition coefficient (Wildman–Crippen LogP) is -0.0326. The molecule has 0 aromatic heterocycles. The summed E-state index contributed by atoms with van der Waals surface area (Å²) in [7, 11) is 0. The third-order valence-electron chi connectivity index (χ3n) is 2.06. The topological polar surface area (TPSA) is 84.2 Å². The first kappa shape index (κ1) is 11.0. The molecule has 0 radical (unpaired) electrons. The molecule has 86 valence electrons. The van der Waals surface area contributed by atoms with Crippen LogP contribution in [0.2, 0.25) is 0 Å². The standard InChI is InChI=1S/C11H8FN3O2/c12-7-3-6(4-8(13)5-7)1-2-9-10(16)15-11(17)14-9/h3-5,9H,13H2,(H2,14,15,16,17). The van der Waals surface area contributed by atoms with Crippen LogP contribution < -0.4 is 16.4 Å². The number of rotatable bonds is 0. The Morgan fingerprint density at radius 3 is 2.65 bits per heavy atom. The molecule has 2 rings (SSSR count). The van der Waals surface area contributed by atoms with E-state index >= 15 is 0 Å². The molecule has 1 heterocycles. The van der Waals surface area contributed by atoms with E-state index in [9.17, 15) is 14.0 Å². The summed E-state index contributed by atoms with van der Waals surface area (Å²) in [5.74, 6) is 4.06. The number of carbonyl (C=O) groups excluding carboxylic acids is 2. The molecule has 0 bridgehead atoms. The van der Waals surface area contributed by atoms with Crippen LogP contribution in [-0.2, 0) is 4.79 Å². The molecule has 1 aliphatic rings. The lowest BCUT2D eigenvalue weighted by Gasteiger charge is -1.97. The second-order valence-corrected chi connectivity index (χ2v) is 3.44. The zero-order valence-corrected chi connectivity index (χ0v) is 8.58. The number of imide groups is 1. The quantitative estimate of drug-likeness (QED) is 0.334. The second-order valence-electron chi connectivity index (χ2n) is 3.44. The van der Waals surface area contributed by atoms with Gasteiger partial charge in [0.2, 0.25) is 0 Å². The van der Waals surface area contributed by atoms with Gasteiger partial charge >= 0.3 is 6.03 Å². The minimum atomic E-state index is -0.910. The largest absolute Gasteiger partial charge is 0.399 e. The second kappa shape index (κ2) is 4.14. The van der Waals surface area contributed by atoms with Crippen LogP contribution in [0.15, 0.2) is 18.2 Å². The summed E-state index contributed by atoms with van der Waals surface area (Å²) < 4.78 is 13.0. The zero-order chi connectivity index (χ0) is 12.4. The number of halogens is 1. The third-order valence-corrected chi connectivity index (χ3v) is 2.06. The predicted molar refractivity (Wildman–Crippen MR) is 58.2 cm³/mol. The van der Waals surface area contributed by atoms with E-state index in [0.29, 0.717) is 5.56 Å². The summed E-state index contributed by atoms with van der Waals surface area (Å²) in [6.07, 6.45) is 0. The highest BCUT2D eigenvalue weighted by Gasteiger charge is 2.27. The van der Waals surface area contributed by atoms with Crippen molar-refractivity contribution in [3.05, 3.63) is 29.6 Å². The van der Waals surface area contributed by atoms with Crippen LogP contribution in [0, 0.1) is 17.7 Å². The summed E-state index contributed by atoms with van der Waals surface area (Å²) in [4.78, 5) is 21.9. The molecule has 6 heteroatoms. The molecule has 1 saturated heterocycles. The van der Waals surface area contributed by atoms with Crippen LogP contribution in [0.4, 0.5) is 14.9 Å². The summed E-state index contributed by atoms with van der Waals surface area (Å²) in [5, 5.41) is 4.34. The molecule has 1 aromatic rings. The van der Waals surface area contributed by atoms with Crippen LogP contribution in [0.5, 0.6) is 0 Å². The van der Waals surface area contributed by atoms with Gasteiger partial charge in [-0.15, -0.1) is 0 Å². The van der Waals surface area contributed by atoms with Crippen LogP contribution in [0.25, 0.3) is 0 Å². The van der Waals surface area contributed by atoms with Gasteiger partial charge in [-0.05, 0) is 18.2 Å². The molecule has 1 fully saturated rings. The fourth-order valence-electron chi connectivity index (χ4n) is 1.36. The maximum absolute atomic E-state index is 13.0. The number of nitrogen functional groups attached to an aromatic ring is 1. The molecule has 17 heavy (non-hydrogen) atoms. The molecule has 4 N–H and O–H groups in total. The van der Waals surface area contributed by atoms with Gasteiger partial charge in [-0.3, -0.25) is 10.1 Å². The van der Waals surface area contributed by atoms with Crippen LogP contribution in [0.1, 0.15) is 5.56 Å². The van der Waals surface area contributed by atoms with Crippen molar-refractivity contribution in [3.63, 3.8) is 0 Å². The molecular weight excluding hydrogens is 225 g/mol. The van der Waals surface area contributed by atoms with Gasteiger partial charge in [-0.25, -0.2) is 9.18 Å². The monoisotopic (exact) mass is 233 g/mol. The summed E-state index contributed by atoms with van der Waals surface area (Å²) in [6, 6.07) is 2.33. The highest BCUT2D eigenvalue weighted by molar-refractivity contribution is 6.05. The average molecular weight is 233 g/mol. The molecule has 1 aliphatic heterocycles. The van der Waals surface area contributed by atoms with Crippen LogP contribution >= 0.6 is 0 Å². The van der Waals surface area contributed by atoms with Gasteiger partial charge in [0.1, 0.15) is 5.82 Å². The Morgan fingerprint density at radius 1 is 1.29 bits per heavy atom. The molecular formula is C11H8FN3O2. The first-order valence-electron chi connectivity index (χ1n) is 4.73. The number of hydrogen-bond acceptors (Lipinski definition) is 3. The van der Waals surface area contributed by atoms with Crippen molar-refractivity contribution in [2.45, 2.75) is 6.04 Å². The highest BCUT2D eigenvalue weighted by Crippen LogP contribution is 2.09. The van der Waals surface area contributed by atoms with Crippen molar-refractivity contribution in [2.75, 3.05) is 5.73 Å². The lowest BCUT2D eigenvalue weighted by Crippen LogP contribution is -2.26. The molecule has 1 unspecified atom stereocenters. The Morgan fingerprint density at radius 2 is 2.06 bits per heavy atom. The molecule has 0 saturated carbocycles. The minimum Gasteiger partial charge on any atom is -0.399 e. The van der Waals surface area contributed by atoms with E-state index < -0.39 is 23.8 Å². The van der Waals surface area contributed by atoms with E-state index in [1.807, 2.05) is 5.32 Å². The number of nitrogens with two attached hydrogens (primary N) is 1. The number of hydrogen-bond donors (Lipinski definition) is 3. The lowest BCUT2D eigenvalue weighted by molar-refractivity contribution is -0.119. The van der Waals surface area contributed by atoms with E-state index in [1.165, 1.54) is 12.1 Å². The summed E-state index contributed by atoms with van der Waals surface area (Å²) in [6.45, 7) is 0. The maximum Gasteiger partial charge on any atom is 0.322 e. The fourth-order valence-corrected chi connectivity index (χ4v) is 1.36. The molecule has 1 atom stereocenters. The van der Waals surface area contributed by atoms with Crippen molar-refractivity contribution in [2.24, 2.45) is 0 Å². The molecule has 5 nitrogen and oxygen atoms in total. The fraction of sp³-hybridized carbons (Fsp3) is 0.0909. The number of benzene rings is 1. The van der Waals surface area contributed by atoms with Crippen LogP contribution in [0.3, 0.4) is 0 Å². The van der Waals surface area contributed by atoms with Gasteiger partial charge in [0.05, 0.1) is 0 Å². The van der Waals surface area contributed by atoms with E-state index in [4.69, 9.17) is 5.73 Å². The summed E-state index contributed by atoms with van der Waals surface area (Å²) in [5.41, 5.74) is 6.02. The Labute approximate surface area is 96.2 Å². The molecule has 0 aliphatic carbocycles. The Kier molecular flexibility index (Phi) is 2.66. The van der Waals surface area contributed by atoms with Gasteiger partial charge in [-0.2, -0.15) is 0 Å². The van der Waals surface area contributed by atoms with E-state index in [1.54, 1.807) is 0 Å². The normalized spacial score (nSPS) is 18.1. The van der Waals surface area contributed by atoms with Crippen molar-refractivity contribution < 1.29 is 14.0 Å². The highest BCUT2D eigenvalue weighted by atomic mass is 19.1. The van der Waals surface area contributed by atoms with Crippen molar-refractivity contribution in [1.29, 1.82) is 0 Å². The maximum atomic E-state index is 13.0. The minimum absolute atomic E-state index is 0.245. The number of nitrogens with one attached hydrogen (secondary N) is 2. The van der Waals surface area contributed by atoms with Gasteiger partial charge in [0.15, 0.2) is 6.04 Å². The summed E-state index contributed by atoms with van der Waals surface area (Å²) >= 11 is 0. The molecule has 0 spiro atoms. The van der Waals surface area contributed by atoms with Crippen molar-refractivity contribution >= 4 is 17.6 Å². The Balaban J connectivity index is 2.21. The number of amides is 3. The van der Waals surface area contributed by atoms with Gasteiger partial charge in [0, 0.05) is 11.3 Å². The number of carbonyl (C=O) groups is 2. The van der Waals surface area contributed by atoms with E-state index in [0.717, 1.165) is 6.07 Å². The van der Waals surface area contributed by atoms with Crippen LogP contribution in [-0.4, -0.2) is 18.0 Å². The number of anilines is 1.